The second-order valence-electron chi connectivity index (χ2n) is 21.9. The van der Waals surface area contributed by atoms with Crippen molar-refractivity contribution in [1.29, 1.82) is 15.8 Å². The number of rotatable bonds is 10. The summed E-state index contributed by atoms with van der Waals surface area (Å²) in [5, 5.41) is 54.5. The topological polar surface area (TPSA) is 250 Å². The number of likely N-dealkylation sites (tertiary alicyclic amines) is 1. The second kappa shape index (κ2) is 41.0. The summed E-state index contributed by atoms with van der Waals surface area (Å²) >= 11 is 9.00. The zero-order valence-corrected chi connectivity index (χ0v) is 62.6. The molecule has 551 valence electrons. The predicted octanol–water partition coefficient (Wildman–Crippen LogP) is 18.0. The number of amidine groups is 3. The molecule has 11 rings (SSSR count). The Labute approximate surface area is 631 Å². The van der Waals surface area contributed by atoms with Crippen molar-refractivity contribution in [1.82, 2.24) is 35.8 Å². The molecule has 3 aromatic heterocycles. The number of esters is 1. The Morgan fingerprint density at radius 1 is 0.667 bits per heavy atom. The Morgan fingerprint density at radius 2 is 1.01 bits per heavy atom. The summed E-state index contributed by atoms with van der Waals surface area (Å²) in [4.78, 5) is 49.7. The summed E-state index contributed by atoms with van der Waals surface area (Å²) in [7, 11) is 1.85. The number of nitriles is 3. The van der Waals surface area contributed by atoms with Gasteiger partial charge < -0.3 is 32.7 Å². The molecule has 4 N–H and O–H groups in total. The number of nitrogens with one attached hydrogen (secondary N) is 3. The summed E-state index contributed by atoms with van der Waals surface area (Å²) in [6.07, 6.45) is 6.05. The van der Waals surface area contributed by atoms with E-state index in [9.17, 15) is 78.3 Å². The summed E-state index contributed by atoms with van der Waals surface area (Å²) in [6.45, 7) is 12.8. The zero-order valence-electron chi connectivity index (χ0n) is 53.6. The number of alkyl halides is 4. The number of carbonyl (C=O) groups excluding carboxylic acids is 1. The average molecular weight is 1770 g/mol. The summed E-state index contributed by atoms with van der Waals surface area (Å²) in [5.74, 6) is -13.2. The molecule has 3 aromatic carbocycles. The predicted molar refractivity (Wildman–Crippen MR) is 391 cm³/mol. The number of carboxylic acid groups (broad SMARTS) is 1. The summed E-state index contributed by atoms with van der Waals surface area (Å²) in [5.41, 5.74) is -0.738. The van der Waals surface area contributed by atoms with Gasteiger partial charge in [-0.05, 0) is 94.1 Å². The van der Waals surface area contributed by atoms with Crippen LogP contribution in [0, 0.1) is 81.7 Å². The van der Waals surface area contributed by atoms with E-state index in [-0.39, 0.29) is 82.9 Å². The molecule has 1 saturated heterocycles. The first kappa shape index (κ1) is 91.3. The van der Waals surface area contributed by atoms with Gasteiger partial charge in [-0.3, -0.25) is 14.5 Å². The van der Waals surface area contributed by atoms with Gasteiger partial charge in [-0.15, -0.1) is 34.0 Å². The Bertz CT molecular complexity index is 4000. The van der Waals surface area contributed by atoms with Gasteiger partial charge in [-0.2, -0.15) is 26.1 Å². The van der Waals surface area contributed by atoms with Crippen molar-refractivity contribution >= 4 is 116 Å². The molecule has 0 spiro atoms. The molecular weight excluding hydrogens is 1690 g/mol. The van der Waals surface area contributed by atoms with E-state index in [4.69, 9.17) is 0 Å². The molecule has 1 saturated carbocycles. The van der Waals surface area contributed by atoms with Crippen molar-refractivity contribution in [3.05, 3.63) is 197 Å². The molecule has 5 atom stereocenters. The third-order valence-electron chi connectivity index (χ3n) is 15.0. The fourth-order valence-corrected chi connectivity index (χ4v) is 12.2. The van der Waals surface area contributed by atoms with Crippen LogP contribution in [-0.4, -0.2) is 98.7 Å². The van der Waals surface area contributed by atoms with Crippen molar-refractivity contribution in [3.8, 4) is 18.2 Å². The molecule has 1 aliphatic carbocycles. The number of ether oxygens (including phenoxy) is 1. The average Bonchev–Trinajstić information content (AvgIpc) is 1.00. The van der Waals surface area contributed by atoms with Gasteiger partial charge in [0, 0.05) is 96.0 Å². The normalized spacial score (nSPS) is 21.0. The molecule has 6 aromatic rings. The number of carboxylic acids is 1. The summed E-state index contributed by atoms with van der Waals surface area (Å²) < 4.78 is 149. The van der Waals surface area contributed by atoms with Crippen LogP contribution >= 0.6 is 86.1 Å². The Balaban J connectivity index is 0.000000459. The molecular formula is C67H73F11I2N13O4S4V-. The number of methoxy groups -OCH3 is 1. The van der Waals surface area contributed by atoms with Crippen LogP contribution in [0.15, 0.2) is 138 Å². The SMILES string of the molecule is C.C.C.CC1=C(C#N)C(C)(c2ccc(F)c(F)c2)N=C(c2nccs2)N1.CC1=C(C#N)[C@](C)(c2ccc(F)c(F)c2)N=C(c2nccs2)N1.COC(=O)[C@H]1CCC(F)(F)C1.CSF.C[C@@]1(c2ccc(F)c(F)c2)N=C(c2nccs2)NC(CN2CC(F)(F)C[C@H]2C(=O)O)=C1C#N.[CH2-]CC.[I][V][I]. The van der Waals surface area contributed by atoms with Gasteiger partial charge >= 0.3 is 61.4 Å². The van der Waals surface area contributed by atoms with Gasteiger partial charge in [0.15, 0.2) is 67.4 Å². The van der Waals surface area contributed by atoms with Gasteiger partial charge in [0.05, 0.1) is 54.5 Å². The number of nitrogens with zero attached hydrogens (tertiary/aromatic N) is 10. The molecule has 5 aliphatic rings. The van der Waals surface area contributed by atoms with E-state index in [1.807, 2.05) is 23.8 Å². The van der Waals surface area contributed by atoms with Crippen molar-refractivity contribution in [2.45, 2.75) is 130 Å². The number of carbonyl (C=O) groups is 2. The number of hydrogen-bond donors (Lipinski definition) is 4. The third kappa shape index (κ3) is 23.1. The molecule has 17 nitrogen and oxygen atoms in total. The van der Waals surface area contributed by atoms with Crippen LogP contribution in [0.3, 0.4) is 0 Å². The van der Waals surface area contributed by atoms with Gasteiger partial charge in [0.2, 0.25) is 5.92 Å². The molecule has 7 heterocycles. The maximum atomic E-state index is 14.1. The fourth-order valence-electron chi connectivity index (χ4n) is 10.5. The second-order valence-corrected chi connectivity index (χ2v) is 36.7. The van der Waals surface area contributed by atoms with Crippen molar-refractivity contribution in [2.24, 2.45) is 20.9 Å². The number of halogens is 13. The number of thiazole rings is 3. The first-order chi connectivity index (χ1) is 46.7. The van der Waals surface area contributed by atoms with Crippen LogP contribution in [0.2, 0.25) is 0 Å². The molecule has 35 heteroatoms. The number of hydrogen-bond acceptors (Lipinski definition) is 20. The summed E-state index contributed by atoms with van der Waals surface area (Å²) in [6, 6.07) is 15.0. The van der Waals surface area contributed by atoms with Gasteiger partial charge in [-0.1, -0.05) is 47.4 Å². The fraction of sp³-hybridized carbons (Fsp3) is 0.373. The van der Waals surface area contributed by atoms with Crippen molar-refractivity contribution in [2.75, 3.05) is 26.5 Å². The standard InChI is InChI=1S/C21H17F4N5O2S.2C16H12F2N4S.C7H10F2O2.C3H7.CH3FS.3CH4.2HI.V/c1-20(11-2-3-13(22)14(23)6-11)12(8-26)15(28-17(29-20)18-27-4-5-33-18)9-30-10-21(24,25)7-16(30)19(31)32;2*1-9-11(8-19)16(2,10-3-4-12(17)13(18)7-10)22-14(21-9)15-20-5-6-23-15;1-11-6(10)5-2-3-7(8,9)4-5;2*1-3-2;;;;;;/h2-6,16H,7,9-10H2,1H3,(H,28,29)(H,31,32);2*3-7H,1-2H3,(H,21,22);5H,2-4H2,1H3;1,3H2,2H3;1H3;3*1H4;2*1H;/q;;;;-1;;;;;;;+2/p-2/t16-,20-;16-;;5-;;;;;;;;/m00.0......../s1. The van der Waals surface area contributed by atoms with E-state index >= 15 is 0 Å². The molecule has 4 aliphatic heterocycles. The van der Waals surface area contributed by atoms with E-state index in [1.54, 1.807) is 45.5 Å². The minimum absolute atomic E-state index is 0. The number of benzene rings is 3. The zero-order chi connectivity index (χ0) is 73.8. The minimum atomic E-state index is -3.21. The van der Waals surface area contributed by atoms with Gasteiger partial charge in [-0.25, -0.2) is 73.8 Å². The number of aromatic nitrogens is 3. The van der Waals surface area contributed by atoms with Crippen LogP contribution in [0.5, 0.6) is 0 Å². The number of aliphatic imine (C=N–C) groups is 3. The molecule has 0 amide bonds. The van der Waals surface area contributed by atoms with E-state index in [0.717, 1.165) is 47.7 Å². The Hall–Kier alpha value is -6.83. The number of aliphatic carboxylic acids is 1. The number of allylic oxidation sites excluding steroid dienone is 2. The monoisotopic (exact) mass is 1770 g/mol. The van der Waals surface area contributed by atoms with E-state index in [2.05, 4.69) is 110 Å². The molecule has 102 heavy (non-hydrogen) atoms. The van der Waals surface area contributed by atoms with Crippen molar-refractivity contribution in [3.63, 3.8) is 0 Å². The molecule has 1 unspecified atom stereocenters. The first-order valence-corrected chi connectivity index (χ1v) is 41.7. The van der Waals surface area contributed by atoms with Crippen molar-refractivity contribution < 1.29 is 76.7 Å². The van der Waals surface area contributed by atoms with Crippen LogP contribution in [0.25, 0.3) is 0 Å². The molecule has 0 radical (unpaired) electrons. The van der Waals surface area contributed by atoms with Crippen LogP contribution < -0.4 is 16.0 Å². The third-order valence-corrected chi connectivity index (χ3v) is 17.4. The molecule has 0 bridgehead atoms. The van der Waals surface area contributed by atoms with Crippen LogP contribution in [0.4, 0.5) is 47.8 Å². The molecule has 2 fully saturated rings. The maximum absolute atomic E-state index is 14.1. The van der Waals surface area contributed by atoms with Crippen LogP contribution in [0.1, 0.15) is 128 Å². The van der Waals surface area contributed by atoms with E-state index < -0.39 is 100 Å². The van der Waals surface area contributed by atoms with Crippen LogP contribution in [-0.2, 0) is 40.4 Å². The van der Waals surface area contributed by atoms with Gasteiger partial charge in [0.1, 0.15) is 22.7 Å². The van der Waals surface area contributed by atoms with E-state index in [0.29, 0.717) is 69.8 Å². The van der Waals surface area contributed by atoms with Gasteiger partial charge in [0.25, 0.3) is 5.92 Å². The van der Waals surface area contributed by atoms with E-state index in [1.165, 1.54) is 78.7 Å². The quantitative estimate of drug-likeness (QED) is 0.0431. The Morgan fingerprint density at radius 3 is 1.29 bits per heavy atom. The first-order valence-electron chi connectivity index (χ1n) is 28.9. The Kier molecular flexibility index (Phi) is 36.7.